The summed E-state index contributed by atoms with van der Waals surface area (Å²) >= 11 is 6.32. The number of aromatic nitrogens is 2. The van der Waals surface area contributed by atoms with Gasteiger partial charge >= 0.3 is 0 Å². The second-order valence-corrected chi connectivity index (χ2v) is 6.90. The molecule has 0 bridgehead atoms. The van der Waals surface area contributed by atoms with Gasteiger partial charge in [0.2, 0.25) is 0 Å². The van der Waals surface area contributed by atoms with Crippen molar-refractivity contribution in [2.45, 2.75) is 53.5 Å². The van der Waals surface area contributed by atoms with Crippen LogP contribution in [0.25, 0.3) is 0 Å². The molecule has 1 atom stereocenters. The zero-order valence-electron chi connectivity index (χ0n) is 13.5. The zero-order chi connectivity index (χ0) is 15.6. The molecule has 118 valence electrons. The molecule has 0 amide bonds. The molecule has 0 saturated carbocycles. The maximum absolute atomic E-state index is 12.8. The first-order valence-electron chi connectivity index (χ1n) is 7.83. The van der Waals surface area contributed by atoms with Crippen molar-refractivity contribution >= 4 is 17.4 Å². The van der Waals surface area contributed by atoms with Gasteiger partial charge in [0.1, 0.15) is 5.78 Å². The van der Waals surface area contributed by atoms with Crippen LogP contribution in [0.5, 0.6) is 0 Å². The molecule has 1 N–H and O–H groups in total. The quantitative estimate of drug-likeness (QED) is 0.909. The first-order valence-corrected chi connectivity index (χ1v) is 8.21. The van der Waals surface area contributed by atoms with Crippen LogP contribution in [-0.4, -0.2) is 28.7 Å². The molecule has 2 heterocycles. The number of nitrogens with one attached hydrogen (secondary N) is 1. The average Bonchev–Trinajstić information content (AvgIpc) is 2.75. The summed E-state index contributed by atoms with van der Waals surface area (Å²) < 4.78 is 1.85. The molecule has 1 aromatic heterocycles. The Morgan fingerprint density at radius 1 is 1.52 bits per heavy atom. The van der Waals surface area contributed by atoms with Crippen molar-refractivity contribution in [1.29, 1.82) is 0 Å². The molecule has 0 radical (unpaired) electrons. The Hall–Kier alpha value is -0.870. The first-order chi connectivity index (χ1) is 9.87. The van der Waals surface area contributed by atoms with Crippen LogP contribution in [0.15, 0.2) is 0 Å². The second-order valence-electron chi connectivity index (χ2n) is 6.53. The summed E-state index contributed by atoms with van der Waals surface area (Å²) in [4.78, 5) is 12.8. The van der Waals surface area contributed by atoms with E-state index in [0.29, 0.717) is 17.4 Å². The second kappa shape index (κ2) is 6.49. The van der Waals surface area contributed by atoms with Crippen molar-refractivity contribution in [1.82, 2.24) is 15.1 Å². The van der Waals surface area contributed by atoms with Gasteiger partial charge < -0.3 is 5.32 Å². The van der Waals surface area contributed by atoms with Crippen LogP contribution in [0, 0.1) is 18.3 Å². The summed E-state index contributed by atoms with van der Waals surface area (Å²) in [6.45, 7) is 10.8. The number of nitrogens with zero attached hydrogens (tertiary/aromatic N) is 2. The molecule has 5 heteroatoms. The fraction of sp³-hybridized carbons (Fsp3) is 0.750. The Morgan fingerprint density at radius 2 is 2.24 bits per heavy atom. The Kier molecular flexibility index (Phi) is 5.10. The van der Waals surface area contributed by atoms with E-state index in [2.05, 4.69) is 24.3 Å². The summed E-state index contributed by atoms with van der Waals surface area (Å²) in [6, 6.07) is 0. The van der Waals surface area contributed by atoms with E-state index in [-0.39, 0.29) is 11.2 Å². The van der Waals surface area contributed by atoms with Crippen molar-refractivity contribution in [3.63, 3.8) is 0 Å². The normalized spacial score (nSPS) is 19.8. The van der Waals surface area contributed by atoms with Crippen LogP contribution in [0.3, 0.4) is 0 Å². The third kappa shape index (κ3) is 3.32. The van der Waals surface area contributed by atoms with E-state index < -0.39 is 0 Å². The number of halogens is 1. The highest BCUT2D eigenvalue weighted by molar-refractivity contribution is 6.32. The van der Waals surface area contributed by atoms with Crippen LogP contribution >= 0.6 is 11.6 Å². The van der Waals surface area contributed by atoms with Gasteiger partial charge in [0.25, 0.3) is 0 Å². The van der Waals surface area contributed by atoms with E-state index in [1.807, 2.05) is 18.5 Å². The SMILES string of the molecule is CCn1nc(C)c(Cl)c1CC(=O)C(C)(C)C1CCCNC1. The van der Waals surface area contributed by atoms with Crippen molar-refractivity contribution < 1.29 is 4.79 Å². The first kappa shape index (κ1) is 16.5. The fourth-order valence-corrected chi connectivity index (χ4v) is 3.32. The molecular weight excluding hydrogens is 286 g/mol. The van der Waals surface area contributed by atoms with E-state index in [4.69, 9.17) is 11.6 Å². The molecule has 0 aromatic carbocycles. The number of Topliss-reactive ketones (excluding diaryl/α,β-unsaturated/α-hetero) is 1. The van der Waals surface area contributed by atoms with Crippen LogP contribution in [0.4, 0.5) is 0 Å². The number of carbonyl (C=O) groups excluding carboxylic acids is 1. The van der Waals surface area contributed by atoms with Gasteiger partial charge in [-0.25, -0.2) is 0 Å². The van der Waals surface area contributed by atoms with Gasteiger partial charge in [-0.05, 0) is 45.7 Å². The van der Waals surface area contributed by atoms with Gasteiger partial charge in [-0.15, -0.1) is 0 Å². The number of hydrogen-bond acceptors (Lipinski definition) is 3. The number of rotatable bonds is 5. The van der Waals surface area contributed by atoms with Crippen LogP contribution in [0.2, 0.25) is 5.02 Å². The van der Waals surface area contributed by atoms with E-state index in [0.717, 1.165) is 43.9 Å². The Labute approximate surface area is 132 Å². The number of ketones is 1. The van der Waals surface area contributed by atoms with E-state index in [9.17, 15) is 4.79 Å². The van der Waals surface area contributed by atoms with Crippen molar-refractivity contribution in [3.05, 3.63) is 16.4 Å². The van der Waals surface area contributed by atoms with E-state index >= 15 is 0 Å². The molecule has 1 aliphatic rings. The molecule has 1 aliphatic heterocycles. The average molecular weight is 312 g/mol. The van der Waals surface area contributed by atoms with Gasteiger partial charge in [0, 0.05) is 12.0 Å². The molecule has 0 spiro atoms. The number of piperidine rings is 1. The predicted molar refractivity (Wildman–Crippen MR) is 85.7 cm³/mol. The van der Waals surface area contributed by atoms with Crippen LogP contribution in [0.1, 0.15) is 45.0 Å². The highest BCUT2D eigenvalue weighted by atomic mass is 35.5. The Bertz CT molecular complexity index is 516. The maximum atomic E-state index is 12.8. The minimum Gasteiger partial charge on any atom is -0.316 e. The summed E-state index contributed by atoms with van der Waals surface area (Å²) in [5.41, 5.74) is 1.34. The molecule has 1 aromatic rings. The lowest BCUT2D eigenvalue weighted by Gasteiger charge is -2.36. The van der Waals surface area contributed by atoms with Crippen molar-refractivity contribution in [3.8, 4) is 0 Å². The van der Waals surface area contributed by atoms with Crippen LogP contribution < -0.4 is 5.32 Å². The lowest BCUT2D eigenvalue weighted by Crippen LogP contribution is -2.43. The third-order valence-electron chi connectivity index (χ3n) is 4.82. The Balaban J connectivity index is 2.17. The molecule has 4 nitrogen and oxygen atoms in total. The zero-order valence-corrected chi connectivity index (χ0v) is 14.3. The monoisotopic (exact) mass is 311 g/mol. The fourth-order valence-electron chi connectivity index (χ4n) is 3.11. The van der Waals surface area contributed by atoms with Gasteiger partial charge in [0.05, 0.1) is 22.8 Å². The standard InChI is InChI=1S/C16H26ClN3O/c1-5-20-13(15(17)11(2)19-20)9-14(21)16(3,4)12-7-6-8-18-10-12/h12,18H,5-10H2,1-4H3. The van der Waals surface area contributed by atoms with Gasteiger partial charge in [-0.3, -0.25) is 9.48 Å². The minimum atomic E-state index is -0.326. The highest BCUT2D eigenvalue weighted by Gasteiger charge is 2.37. The van der Waals surface area contributed by atoms with Gasteiger partial charge in [-0.1, -0.05) is 25.4 Å². The molecule has 1 saturated heterocycles. The smallest absolute Gasteiger partial charge is 0.144 e. The Morgan fingerprint density at radius 3 is 2.81 bits per heavy atom. The number of hydrogen-bond donors (Lipinski definition) is 1. The lowest BCUT2D eigenvalue weighted by molar-refractivity contribution is -0.129. The molecule has 2 rings (SSSR count). The summed E-state index contributed by atoms with van der Waals surface area (Å²) in [5.74, 6) is 0.657. The van der Waals surface area contributed by atoms with Crippen LogP contribution in [-0.2, 0) is 17.8 Å². The molecule has 0 aliphatic carbocycles. The minimum absolute atomic E-state index is 0.257. The molecule has 1 fully saturated rings. The largest absolute Gasteiger partial charge is 0.316 e. The summed E-state index contributed by atoms with van der Waals surface area (Å²) in [6.07, 6.45) is 2.64. The summed E-state index contributed by atoms with van der Waals surface area (Å²) in [5, 5.41) is 8.44. The van der Waals surface area contributed by atoms with Crippen molar-refractivity contribution in [2.24, 2.45) is 11.3 Å². The summed E-state index contributed by atoms with van der Waals surface area (Å²) in [7, 11) is 0. The maximum Gasteiger partial charge on any atom is 0.144 e. The van der Waals surface area contributed by atoms with Gasteiger partial charge in [0.15, 0.2) is 0 Å². The predicted octanol–water partition coefficient (Wildman–Crippen LogP) is 3.00. The molecular formula is C16H26ClN3O. The number of carbonyl (C=O) groups is 1. The lowest BCUT2D eigenvalue weighted by atomic mass is 9.71. The number of aryl methyl sites for hydroxylation is 2. The topological polar surface area (TPSA) is 46.9 Å². The molecule has 1 unspecified atom stereocenters. The van der Waals surface area contributed by atoms with E-state index in [1.165, 1.54) is 0 Å². The van der Waals surface area contributed by atoms with E-state index in [1.54, 1.807) is 0 Å². The van der Waals surface area contributed by atoms with Gasteiger partial charge in [-0.2, -0.15) is 5.10 Å². The molecule has 21 heavy (non-hydrogen) atoms. The van der Waals surface area contributed by atoms with Crippen molar-refractivity contribution in [2.75, 3.05) is 13.1 Å². The highest BCUT2D eigenvalue weighted by Crippen LogP contribution is 2.34. The third-order valence-corrected chi connectivity index (χ3v) is 5.31.